The minimum Gasteiger partial charge on any atom is -0.362 e. The first-order chi connectivity index (χ1) is 22.5. The van der Waals surface area contributed by atoms with E-state index in [0.717, 1.165) is 41.1 Å². The van der Waals surface area contributed by atoms with Crippen LogP contribution in [0.4, 0.5) is 0 Å². The molecule has 1 amide bonds. The van der Waals surface area contributed by atoms with E-state index >= 15 is 0 Å². The molecule has 1 aromatic rings. The highest BCUT2D eigenvalue weighted by Gasteiger charge is 2.19. The fourth-order valence-electron chi connectivity index (χ4n) is 4.61. The number of terminal acetylenes is 1. The second-order valence-electron chi connectivity index (χ2n) is 11.5. The molecule has 0 radical (unpaired) electrons. The zero-order valence-corrected chi connectivity index (χ0v) is 31.0. The van der Waals surface area contributed by atoms with E-state index in [-0.39, 0.29) is 24.5 Å². The Hall–Kier alpha value is -3.60. The Morgan fingerprint density at radius 1 is 1.02 bits per heavy atom. The lowest BCUT2D eigenvalue weighted by atomic mass is 9.83. The van der Waals surface area contributed by atoms with E-state index in [2.05, 4.69) is 53.8 Å². The SMILES string of the molecule is C#C.C/C=C\C=C1/CN=C(C)N=C1N(C)C.C\C=C/C(S)=C\C=C\Cl.Cc1ccc(C(=O)CCC(=O)NCC2CCC(C)CC2)cc1. The predicted octanol–water partition coefficient (Wildman–Crippen LogP) is 9.16. The molecule has 0 bridgehead atoms. The van der Waals surface area contributed by atoms with Crippen LogP contribution in [0.2, 0.25) is 0 Å². The number of nitrogens with one attached hydrogen (secondary N) is 1. The number of carbonyl (C=O) groups excluding carboxylic acids is 2. The van der Waals surface area contributed by atoms with Crippen LogP contribution in [0.25, 0.3) is 0 Å². The average Bonchev–Trinajstić information content (AvgIpc) is 3.07. The second-order valence-corrected chi connectivity index (χ2v) is 12.3. The Bertz CT molecular complexity index is 1310. The molecule has 0 spiro atoms. The number of carbonyl (C=O) groups is 2. The van der Waals surface area contributed by atoms with Crippen molar-refractivity contribution in [3.8, 4) is 12.8 Å². The molecule has 1 aliphatic carbocycles. The highest BCUT2D eigenvalue weighted by atomic mass is 35.5. The third-order valence-electron chi connectivity index (χ3n) is 7.30. The van der Waals surface area contributed by atoms with Crippen LogP contribution in [0.1, 0.15) is 82.1 Å². The van der Waals surface area contributed by atoms with Crippen molar-refractivity contribution >= 4 is 47.6 Å². The van der Waals surface area contributed by atoms with Gasteiger partial charge < -0.3 is 10.2 Å². The van der Waals surface area contributed by atoms with Gasteiger partial charge in [-0.15, -0.1) is 25.5 Å². The monoisotopic (exact) mass is 678 g/mol. The summed E-state index contributed by atoms with van der Waals surface area (Å²) in [4.78, 5) is 35.5. The molecule has 256 valence electrons. The van der Waals surface area contributed by atoms with Crippen LogP contribution in [0, 0.1) is 31.6 Å². The van der Waals surface area contributed by atoms with Crippen molar-refractivity contribution in [1.29, 1.82) is 0 Å². The van der Waals surface area contributed by atoms with Crippen molar-refractivity contribution < 1.29 is 9.59 Å². The van der Waals surface area contributed by atoms with Gasteiger partial charge in [-0.3, -0.25) is 14.6 Å². The van der Waals surface area contributed by atoms with Crippen molar-refractivity contribution in [2.45, 2.75) is 73.1 Å². The minimum absolute atomic E-state index is 0.000849. The number of hydrogen-bond donors (Lipinski definition) is 2. The molecule has 0 saturated heterocycles. The maximum absolute atomic E-state index is 12.0. The number of aryl methyl sites for hydroxylation is 1. The van der Waals surface area contributed by atoms with E-state index in [4.69, 9.17) is 11.6 Å². The van der Waals surface area contributed by atoms with Crippen LogP contribution in [0.15, 0.2) is 92.8 Å². The van der Waals surface area contributed by atoms with Gasteiger partial charge >= 0.3 is 0 Å². The summed E-state index contributed by atoms with van der Waals surface area (Å²) in [6.07, 6.45) is 27.0. The molecule has 1 aromatic carbocycles. The van der Waals surface area contributed by atoms with Gasteiger partial charge in [-0.25, -0.2) is 4.99 Å². The van der Waals surface area contributed by atoms with Crippen LogP contribution in [-0.4, -0.2) is 55.4 Å². The maximum Gasteiger partial charge on any atom is 0.220 e. The number of thiol groups is 1. The van der Waals surface area contributed by atoms with Gasteiger partial charge in [-0.05, 0) is 64.5 Å². The fraction of sp³-hybridized carbons (Fsp3) is 0.436. The standard InChI is InChI=1S/C19H27NO2.C11H17N3.C7H9ClS.C2H2/c1-14-3-7-16(8-4-14)13-20-19(22)12-11-18(21)17-9-5-15(2)6-10-17;1-5-6-7-10-8-12-9(2)13-11(10)14(3)4;1-2-4-7(9)5-3-6-8;1-2/h5-6,9-10,14,16H,3-4,7-8,11-13H2,1-2H3,(H,20,22);5-7H,8H2,1-4H3;2-6,9H,1H3;1-2H/b;6-5-,10-7+;4-2-,6-3+,7-5+;. The summed E-state index contributed by atoms with van der Waals surface area (Å²) in [7, 11) is 4.00. The third kappa shape index (κ3) is 20.3. The van der Waals surface area contributed by atoms with Crippen molar-refractivity contribution in [1.82, 2.24) is 10.2 Å². The molecule has 1 heterocycles. The Morgan fingerprint density at radius 3 is 2.21 bits per heavy atom. The minimum atomic E-state index is -0.000849. The van der Waals surface area contributed by atoms with Gasteiger partial charge in [0.1, 0.15) is 11.7 Å². The first-order valence-electron chi connectivity index (χ1n) is 16.1. The lowest BCUT2D eigenvalue weighted by Gasteiger charge is -2.26. The zero-order chi connectivity index (χ0) is 35.6. The van der Waals surface area contributed by atoms with Crippen molar-refractivity contribution in [3.63, 3.8) is 0 Å². The highest BCUT2D eigenvalue weighted by Crippen LogP contribution is 2.27. The summed E-state index contributed by atoms with van der Waals surface area (Å²) in [5.74, 6) is 3.36. The lowest BCUT2D eigenvalue weighted by molar-refractivity contribution is -0.121. The predicted molar refractivity (Wildman–Crippen MR) is 208 cm³/mol. The van der Waals surface area contributed by atoms with E-state index in [1.807, 2.05) is 101 Å². The molecule has 0 atom stereocenters. The number of hydrogen-bond acceptors (Lipinski definition) is 6. The maximum atomic E-state index is 12.0. The number of nitrogens with zero attached hydrogens (tertiary/aromatic N) is 3. The van der Waals surface area contributed by atoms with Crippen LogP contribution in [0.3, 0.4) is 0 Å². The first kappa shape index (κ1) is 43.4. The highest BCUT2D eigenvalue weighted by molar-refractivity contribution is 7.84. The van der Waals surface area contributed by atoms with Crippen molar-refractivity contribution in [2.24, 2.45) is 21.8 Å². The van der Waals surface area contributed by atoms with Gasteiger partial charge in [-0.1, -0.05) is 91.6 Å². The Labute approximate surface area is 295 Å². The number of amides is 1. The number of ketones is 1. The normalized spacial score (nSPS) is 18.6. The molecule has 6 nitrogen and oxygen atoms in total. The topological polar surface area (TPSA) is 74.1 Å². The van der Waals surface area contributed by atoms with Crippen LogP contribution < -0.4 is 5.32 Å². The molecule has 47 heavy (non-hydrogen) atoms. The Balaban J connectivity index is 0.000000725. The first-order valence-corrected chi connectivity index (χ1v) is 17.0. The Kier molecular flexibility index (Phi) is 24.4. The second kappa shape index (κ2) is 26.5. The van der Waals surface area contributed by atoms with E-state index in [9.17, 15) is 9.59 Å². The number of aliphatic imine (C=N–C) groups is 2. The number of amidine groups is 2. The molecule has 2 aliphatic rings. The number of Topliss-reactive ketones (excluding diaryl/α,β-unsaturated/α-hetero) is 1. The van der Waals surface area contributed by atoms with Crippen molar-refractivity contribution in [3.05, 3.63) is 93.9 Å². The summed E-state index contributed by atoms with van der Waals surface area (Å²) >= 11 is 9.37. The summed E-state index contributed by atoms with van der Waals surface area (Å²) in [6, 6.07) is 7.52. The quantitative estimate of drug-likeness (QED) is 0.118. The van der Waals surface area contributed by atoms with Crippen LogP contribution >= 0.6 is 24.2 Å². The molecular formula is C39H55ClN4O2S. The average molecular weight is 679 g/mol. The largest absolute Gasteiger partial charge is 0.362 e. The van der Waals surface area contributed by atoms with Crippen molar-refractivity contribution in [2.75, 3.05) is 27.2 Å². The van der Waals surface area contributed by atoms with E-state index in [1.165, 1.54) is 36.8 Å². The molecule has 0 unspecified atom stereocenters. The number of benzene rings is 1. The third-order valence-corrected chi connectivity index (χ3v) is 7.74. The Morgan fingerprint density at radius 2 is 1.66 bits per heavy atom. The molecule has 0 aromatic heterocycles. The van der Waals surface area contributed by atoms with Crippen LogP contribution in [-0.2, 0) is 4.79 Å². The van der Waals surface area contributed by atoms with Gasteiger partial charge in [0.05, 0.1) is 6.54 Å². The molecule has 1 saturated carbocycles. The zero-order valence-electron chi connectivity index (χ0n) is 29.4. The van der Waals surface area contributed by atoms with E-state index in [0.29, 0.717) is 11.5 Å². The van der Waals surface area contributed by atoms with Gasteiger partial charge in [0.2, 0.25) is 5.91 Å². The number of likely N-dealkylation sites (N-methyl/N-ethyl adjacent to an activating group) is 1. The van der Waals surface area contributed by atoms with E-state index < -0.39 is 0 Å². The number of rotatable bonds is 9. The number of allylic oxidation sites excluding steroid dienone is 7. The molecule has 1 fully saturated rings. The van der Waals surface area contributed by atoms with Crippen LogP contribution in [0.5, 0.6) is 0 Å². The van der Waals surface area contributed by atoms with E-state index in [1.54, 1.807) is 6.08 Å². The molecule has 1 aliphatic heterocycles. The summed E-state index contributed by atoms with van der Waals surface area (Å²) in [6.45, 7) is 11.7. The summed E-state index contributed by atoms with van der Waals surface area (Å²) < 4.78 is 0. The molecule has 3 rings (SSSR count). The summed E-state index contributed by atoms with van der Waals surface area (Å²) in [5.41, 5.74) is 4.44. The fourth-order valence-corrected chi connectivity index (χ4v) is 4.92. The van der Waals surface area contributed by atoms with Gasteiger partial charge in [0, 0.05) is 55.1 Å². The molecular weight excluding hydrogens is 624 g/mol. The lowest BCUT2D eigenvalue weighted by Crippen LogP contribution is -2.31. The smallest absolute Gasteiger partial charge is 0.220 e. The van der Waals surface area contributed by atoms with Gasteiger partial charge in [0.25, 0.3) is 0 Å². The molecule has 8 heteroatoms. The van der Waals surface area contributed by atoms with Gasteiger partial charge in [-0.2, -0.15) is 0 Å². The van der Waals surface area contributed by atoms with Gasteiger partial charge in [0.15, 0.2) is 5.78 Å². The number of halogens is 1. The molecule has 1 N–H and O–H groups in total. The summed E-state index contributed by atoms with van der Waals surface area (Å²) in [5, 5.41) is 2.99.